The second-order valence-electron chi connectivity index (χ2n) is 4.56. The molecule has 1 aliphatic heterocycles. The average molecular weight is 296 g/mol. The monoisotopic (exact) mass is 296 g/mol. The summed E-state index contributed by atoms with van der Waals surface area (Å²) in [5, 5.41) is 7.37. The Morgan fingerprint density at radius 3 is 2.35 bits per heavy atom. The average Bonchev–Trinajstić information content (AvgIpc) is 2.41. The smallest absolute Gasteiger partial charge is 0.270 e. The van der Waals surface area contributed by atoms with Gasteiger partial charge in [0.25, 0.3) is 10.0 Å². The molecule has 0 saturated heterocycles. The zero-order valence-corrected chi connectivity index (χ0v) is 11.7. The van der Waals surface area contributed by atoms with E-state index >= 15 is 0 Å². The van der Waals surface area contributed by atoms with Gasteiger partial charge in [0.2, 0.25) is 5.91 Å². The van der Waals surface area contributed by atoms with Crippen LogP contribution in [0.25, 0.3) is 0 Å². The summed E-state index contributed by atoms with van der Waals surface area (Å²) < 4.78 is 38.6. The molecule has 1 amide bonds. The Morgan fingerprint density at radius 2 is 1.80 bits per heavy atom. The second-order valence-corrected chi connectivity index (χ2v) is 6.38. The number of halogens is 1. The minimum atomic E-state index is -4.15. The van der Waals surface area contributed by atoms with E-state index in [2.05, 4.69) is 0 Å². The van der Waals surface area contributed by atoms with Crippen LogP contribution in [0.3, 0.4) is 0 Å². The van der Waals surface area contributed by atoms with Gasteiger partial charge in [0, 0.05) is 0 Å². The van der Waals surface area contributed by atoms with Crippen LogP contribution >= 0.6 is 0 Å². The van der Waals surface area contributed by atoms with Crippen LogP contribution in [-0.2, 0) is 14.8 Å². The van der Waals surface area contributed by atoms with Crippen LogP contribution in [-0.4, -0.2) is 24.3 Å². The second kappa shape index (κ2) is 4.82. The van der Waals surface area contributed by atoms with E-state index in [1.165, 1.54) is 19.1 Å². The van der Waals surface area contributed by atoms with Crippen molar-refractivity contribution in [1.82, 2.24) is 4.31 Å². The number of carbonyl (C=O) groups excluding carboxylic acids is 1. The molecular formula is C13H13FN2O3S. The van der Waals surface area contributed by atoms with Crippen molar-refractivity contribution in [3.05, 3.63) is 41.9 Å². The molecule has 0 aliphatic carbocycles. The van der Waals surface area contributed by atoms with Crippen molar-refractivity contribution in [1.29, 1.82) is 5.41 Å². The first-order valence-electron chi connectivity index (χ1n) is 5.86. The molecule has 1 aromatic carbocycles. The number of allylic oxidation sites excluding steroid dienone is 1. The highest BCUT2D eigenvalue weighted by Gasteiger charge is 2.38. The summed E-state index contributed by atoms with van der Waals surface area (Å²) in [5.74, 6) is -2.98. The van der Waals surface area contributed by atoms with E-state index in [4.69, 9.17) is 5.41 Å². The fourth-order valence-electron chi connectivity index (χ4n) is 1.77. The molecule has 0 saturated carbocycles. The number of nitrogens with zero attached hydrogens (tertiary/aromatic N) is 1. The van der Waals surface area contributed by atoms with E-state index in [9.17, 15) is 17.6 Å². The number of aryl methyl sites for hydroxylation is 1. The summed E-state index contributed by atoms with van der Waals surface area (Å²) in [5.41, 5.74) is 0.358. The quantitative estimate of drug-likeness (QED) is 0.906. The molecule has 1 heterocycles. The first kappa shape index (κ1) is 14.4. The Bertz CT molecular complexity index is 708. The van der Waals surface area contributed by atoms with Gasteiger partial charge >= 0.3 is 0 Å². The topological polar surface area (TPSA) is 78.3 Å². The van der Waals surface area contributed by atoms with Gasteiger partial charge in [0.1, 0.15) is 0 Å². The van der Waals surface area contributed by atoms with E-state index in [-0.39, 0.29) is 4.90 Å². The van der Waals surface area contributed by atoms with Gasteiger partial charge in [-0.1, -0.05) is 17.7 Å². The van der Waals surface area contributed by atoms with Crippen LogP contribution in [0.1, 0.15) is 12.5 Å². The number of hydrogen-bond acceptors (Lipinski definition) is 4. The van der Waals surface area contributed by atoms with Crippen molar-refractivity contribution in [2.75, 3.05) is 0 Å². The molecule has 20 heavy (non-hydrogen) atoms. The highest BCUT2D eigenvalue weighted by Crippen LogP contribution is 2.25. The Labute approximate surface area is 116 Å². The molecule has 1 atom stereocenters. The van der Waals surface area contributed by atoms with Crippen LogP contribution in [0, 0.1) is 18.3 Å². The standard InChI is InChI=1S/C13H13FN2O3S/c1-8-3-5-10(6-4-8)20(18,19)16-7-11(14)12(15)9(2)13(16)17/h3-7,9,15H,1-2H3. The molecule has 5 nitrogen and oxygen atoms in total. The molecule has 0 aromatic heterocycles. The maximum atomic E-state index is 13.5. The van der Waals surface area contributed by atoms with Gasteiger partial charge in [0.05, 0.1) is 22.7 Å². The number of sulfonamides is 1. The van der Waals surface area contributed by atoms with Crippen LogP contribution in [0.4, 0.5) is 4.39 Å². The zero-order valence-electron chi connectivity index (χ0n) is 10.9. The number of benzene rings is 1. The van der Waals surface area contributed by atoms with E-state index in [0.29, 0.717) is 10.5 Å². The van der Waals surface area contributed by atoms with Gasteiger partial charge in [-0.2, -0.15) is 0 Å². The number of carbonyl (C=O) groups is 1. The highest BCUT2D eigenvalue weighted by molar-refractivity contribution is 7.89. The fourth-order valence-corrected chi connectivity index (χ4v) is 3.10. The van der Waals surface area contributed by atoms with Crippen LogP contribution in [0.15, 0.2) is 41.2 Å². The minimum Gasteiger partial charge on any atom is -0.301 e. The molecule has 1 N–H and O–H groups in total. The van der Waals surface area contributed by atoms with Crippen molar-refractivity contribution in [2.24, 2.45) is 5.92 Å². The predicted octanol–water partition coefficient (Wildman–Crippen LogP) is 1.99. The lowest BCUT2D eigenvalue weighted by molar-refractivity contribution is -0.126. The van der Waals surface area contributed by atoms with Gasteiger partial charge < -0.3 is 5.41 Å². The number of amides is 1. The number of rotatable bonds is 2. The first-order chi connectivity index (χ1) is 9.25. The molecule has 2 rings (SSSR count). The third-order valence-corrected chi connectivity index (χ3v) is 4.76. The SMILES string of the molecule is Cc1ccc(S(=O)(=O)N2C=C(F)C(=N)C(C)C2=O)cc1. The first-order valence-corrected chi connectivity index (χ1v) is 7.30. The van der Waals surface area contributed by atoms with Crippen LogP contribution < -0.4 is 0 Å². The third-order valence-electron chi connectivity index (χ3n) is 3.09. The molecule has 0 radical (unpaired) electrons. The lowest BCUT2D eigenvalue weighted by Crippen LogP contribution is -2.42. The van der Waals surface area contributed by atoms with E-state index in [1.807, 2.05) is 0 Å². The molecule has 0 bridgehead atoms. The van der Waals surface area contributed by atoms with Crippen LogP contribution in [0.5, 0.6) is 0 Å². The van der Waals surface area contributed by atoms with Gasteiger partial charge in [0.15, 0.2) is 5.83 Å². The minimum absolute atomic E-state index is 0.0962. The van der Waals surface area contributed by atoms with Crippen molar-refractivity contribution in [2.45, 2.75) is 18.7 Å². The Balaban J connectivity index is 2.52. The molecule has 1 aromatic rings. The van der Waals surface area contributed by atoms with Crippen molar-refractivity contribution in [3.8, 4) is 0 Å². The normalized spacial score (nSPS) is 20.1. The zero-order chi connectivity index (χ0) is 15.1. The molecule has 7 heteroatoms. The van der Waals surface area contributed by atoms with Gasteiger partial charge in [-0.3, -0.25) is 4.79 Å². The van der Waals surface area contributed by atoms with E-state index in [1.54, 1.807) is 19.1 Å². The predicted molar refractivity (Wildman–Crippen MR) is 71.3 cm³/mol. The summed E-state index contributed by atoms with van der Waals surface area (Å²) in [6.07, 6.45) is 0.555. The summed E-state index contributed by atoms with van der Waals surface area (Å²) in [7, 11) is -4.15. The lowest BCUT2D eigenvalue weighted by Gasteiger charge is -2.26. The lowest BCUT2D eigenvalue weighted by atomic mass is 10.0. The van der Waals surface area contributed by atoms with Gasteiger partial charge in [-0.05, 0) is 26.0 Å². The summed E-state index contributed by atoms with van der Waals surface area (Å²) >= 11 is 0. The highest BCUT2D eigenvalue weighted by atomic mass is 32.2. The number of hydrogen-bond donors (Lipinski definition) is 1. The van der Waals surface area contributed by atoms with E-state index in [0.717, 1.165) is 5.56 Å². The van der Waals surface area contributed by atoms with Crippen molar-refractivity contribution < 1.29 is 17.6 Å². The molecular weight excluding hydrogens is 283 g/mol. The van der Waals surface area contributed by atoms with Crippen molar-refractivity contribution in [3.63, 3.8) is 0 Å². The van der Waals surface area contributed by atoms with E-state index < -0.39 is 33.4 Å². The van der Waals surface area contributed by atoms with Crippen LogP contribution in [0.2, 0.25) is 0 Å². The Kier molecular flexibility index (Phi) is 3.47. The maximum absolute atomic E-state index is 13.5. The third kappa shape index (κ3) is 2.24. The molecule has 1 aliphatic rings. The Morgan fingerprint density at radius 1 is 1.25 bits per heavy atom. The fraction of sp³-hybridized carbons (Fsp3) is 0.231. The van der Waals surface area contributed by atoms with Gasteiger partial charge in [-0.15, -0.1) is 0 Å². The maximum Gasteiger partial charge on any atom is 0.270 e. The molecule has 0 fully saturated rings. The summed E-state index contributed by atoms with van der Waals surface area (Å²) in [4.78, 5) is 11.9. The largest absolute Gasteiger partial charge is 0.301 e. The molecule has 1 unspecified atom stereocenters. The summed E-state index contributed by atoms with van der Waals surface area (Å²) in [6, 6.07) is 5.89. The number of nitrogens with one attached hydrogen (secondary N) is 1. The Hall–Kier alpha value is -2.02. The van der Waals surface area contributed by atoms with Gasteiger partial charge in [-0.25, -0.2) is 17.1 Å². The summed E-state index contributed by atoms with van der Waals surface area (Å²) in [6.45, 7) is 3.10. The van der Waals surface area contributed by atoms with Crippen molar-refractivity contribution >= 4 is 21.6 Å². The molecule has 106 valence electrons. The molecule has 0 spiro atoms.